The Hall–Kier alpha value is -1.88. The van der Waals surface area contributed by atoms with E-state index in [0.29, 0.717) is 18.6 Å². The van der Waals surface area contributed by atoms with Gasteiger partial charge < -0.3 is 15.2 Å². The van der Waals surface area contributed by atoms with E-state index in [1.54, 1.807) is 0 Å². The number of nitrogens with zero attached hydrogens (tertiary/aromatic N) is 1. The number of aryl methyl sites for hydroxylation is 2. The van der Waals surface area contributed by atoms with Crippen LogP contribution in [0.2, 0.25) is 0 Å². The van der Waals surface area contributed by atoms with E-state index < -0.39 is 0 Å². The molecule has 1 heterocycles. The third kappa shape index (κ3) is 4.88. The first-order valence-electron chi connectivity index (χ1n) is 11.7. The fourth-order valence-electron chi connectivity index (χ4n) is 5.28. The number of rotatable bonds is 4. The lowest BCUT2D eigenvalue weighted by Crippen LogP contribution is -2.50. The van der Waals surface area contributed by atoms with E-state index in [2.05, 4.69) is 47.2 Å². The molecule has 5 heteroatoms. The molecule has 0 amide bonds. The maximum absolute atomic E-state index is 12.9. The first-order valence-corrected chi connectivity index (χ1v) is 12.1. The fourth-order valence-corrected chi connectivity index (χ4v) is 5.66. The maximum atomic E-state index is 12.9. The summed E-state index contributed by atoms with van der Waals surface area (Å²) >= 11 is 5.92. The van der Waals surface area contributed by atoms with Gasteiger partial charge in [0.25, 0.3) is 5.56 Å². The Morgan fingerprint density at radius 2 is 1.70 bits per heavy atom. The smallest absolute Gasteiger partial charge is 0.253 e. The van der Waals surface area contributed by atoms with Gasteiger partial charge in [-0.1, -0.05) is 44.6 Å². The summed E-state index contributed by atoms with van der Waals surface area (Å²) in [4.78, 5) is 18.4. The monoisotopic (exact) mass is 425 g/mol. The molecule has 2 N–H and O–H groups in total. The molecule has 0 atom stereocenters. The number of hydrogen-bond donors (Lipinski definition) is 2. The first-order chi connectivity index (χ1) is 14.5. The average molecular weight is 426 g/mol. The fraction of sp³-hybridized carbons (Fsp3) is 0.600. The third-order valence-corrected chi connectivity index (χ3v) is 7.29. The largest absolute Gasteiger partial charge is 0.360 e. The van der Waals surface area contributed by atoms with Crippen LogP contribution in [0.15, 0.2) is 23.0 Å². The summed E-state index contributed by atoms with van der Waals surface area (Å²) in [6.45, 7) is 4.77. The second-order valence-electron chi connectivity index (χ2n) is 9.37. The second-order valence-corrected chi connectivity index (χ2v) is 9.76. The van der Waals surface area contributed by atoms with Crippen LogP contribution in [0.3, 0.4) is 0 Å². The van der Waals surface area contributed by atoms with Crippen LogP contribution in [0.4, 0.5) is 0 Å². The normalized spacial score (nSPS) is 18.5. The number of aromatic amines is 1. The molecule has 0 radical (unpaired) electrons. The van der Waals surface area contributed by atoms with Crippen LogP contribution in [0.25, 0.3) is 10.9 Å². The van der Waals surface area contributed by atoms with Crippen LogP contribution in [-0.4, -0.2) is 27.1 Å². The summed E-state index contributed by atoms with van der Waals surface area (Å²) in [6.07, 6.45) is 12.4. The van der Waals surface area contributed by atoms with Gasteiger partial charge in [-0.3, -0.25) is 4.79 Å². The number of H-pyrrole nitrogens is 1. The van der Waals surface area contributed by atoms with Crippen molar-refractivity contribution in [3.05, 3.63) is 45.2 Å². The van der Waals surface area contributed by atoms with Crippen molar-refractivity contribution in [2.75, 3.05) is 0 Å². The molecule has 2 aliphatic carbocycles. The van der Waals surface area contributed by atoms with Crippen molar-refractivity contribution >= 4 is 28.2 Å². The predicted octanol–water partition coefficient (Wildman–Crippen LogP) is 5.49. The Balaban J connectivity index is 1.61. The van der Waals surface area contributed by atoms with Crippen molar-refractivity contribution in [1.82, 2.24) is 15.2 Å². The molecule has 0 unspecified atom stereocenters. The highest BCUT2D eigenvalue weighted by Crippen LogP contribution is 2.26. The van der Waals surface area contributed by atoms with Gasteiger partial charge in [0.15, 0.2) is 5.11 Å². The van der Waals surface area contributed by atoms with Crippen LogP contribution in [0.1, 0.15) is 80.9 Å². The van der Waals surface area contributed by atoms with Gasteiger partial charge in [-0.15, -0.1) is 0 Å². The van der Waals surface area contributed by atoms with E-state index in [1.807, 2.05) is 0 Å². The van der Waals surface area contributed by atoms with E-state index in [1.165, 1.54) is 62.5 Å². The summed E-state index contributed by atoms with van der Waals surface area (Å²) in [5.74, 6) is 0. The Morgan fingerprint density at radius 3 is 2.40 bits per heavy atom. The molecule has 2 aliphatic rings. The summed E-state index contributed by atoms with van der Waals surface area (Å²) in [5, 5.41) is 5.63. The molecular formula is C25H35N3OS. The molecule has 30 heavy (non-hydrogen) atoms. The number of thiocarbonyl (C=S) groups is 1. The van der Waals surface area contributed by atoms with Gasteiger partial charge in [-0.05, 0) is 75.0 Å². The zero-order chi connectivity index (χ0) is 21.1. The quantitative estimate of drug-likeness (QED) is 0.636. The van der Waals surface area contributed by atoms with Crippen molar-refractivity contribution in [3.8, 4) is 0 Å². The molecule has 1 aromatic heterocycles. The van der Waals surface area contributed by atoms with E-state index in [9.17, 15) is 4.79 Å². The minimum Gasteiger partial charge on any atom is -0.360 e. The molecule has 2 fully saturated rings. The molecule has 0 bridgehead atoms. The molecule has 0 aliphatic heterocycles. The third-order valence-electron chi connectivity index (χ3n) is 6.94. The summed E-state index contributed by atoms with van der Waals surface area (Å²) in [6, 6.07) is 7.23. The van der Waals surface area contributed by atoms with Crippen LogP contribution in [0, 0.1) is 13.8 Å². The zero-order valence-corrected chi connectivity index (χ0v) is 19.2. The van der Waals surface area contributed by atoms with Gasteiger partial charge in [0.05, 0.1) is 6.54 Å². The van der Waals surface area contributed by atoms with Gasteiger partial charge in [0, 0.05) is 28.6 Å². The zero-order valence-electron chi connectivity index (χ0n) is 18.4. The molecule has 2 aromatic rings. The van der Waals surface area contributed by atoms with Crippen LogP contribution in [0.5, 0.6) is 0 Å². The Labute approximate surface area is 185 Å². The van der Waals surface area contributed by atoms with E-state index in [4.69, 9.17) is 12.2 Å². The van der Waals surface area contributed by atoms with Gasteiger partial charge in [-0.2, -0.15) is 0 Å². The number of aromatic nitrogens is 1. The van der Waals surface area contributed by atoms with Crippen molar-refractivity contribution in [1.29, 1.82) is 0 Å². The van der Waals surface area contributed by atoms with Gasteiger partial charge in [-0.25, -0.2) is 0 Å². The van der Waals surface area contributed by atoms with Crippen molar-refractivity contribution < 1.29 is 0 Å². The Morgan fingerprint density at radius 1 is 1.03 bits per heavy atom. The molecule has 162 valence electrons. The number of fused-ring (bicyclic) bond motifs is 1. The Kier molecular flexibility index (Phi) is 6.77. The highest BCUT2D eigenvalue weighted by Gasteiger charge is 2.26. The minimum atomic E-state index is 0.00813. The molecule has 0 spiro atoms. The van der Waals surface area contributed by atoms with Crippen molar-refractivity contribution in [3.63, 3.8) is 0 Å². The summed E-state index contributed by atoms with van der Waals surface area (Å²) in [5.41, 5.74) is 4.12. The molecule has 2 saturated carbocycles. The lowest BCUT2D eigenvalue weighted by atomic mass is 9.93. The number of nitrogens with one attached hydrogen (secondary N) is 2. The molecule has 4 rings (SSSR count). The standard InChI is InChI=1S/C25H35N3OS/c1-17-13-18(2)22-15-19(24(29)27-23(22)14-17)16-28(21-11-7-4-8-12-21)25(30)26-20-9-5-3-6-10-20/h13-15,20-21H,3-12,16H2,1-2H3,(H,26,30)(H,27,29). The molecule has 4 nitrogen and oxygen atoms in total. The highest BCUT2D eigenvalue weighted by atomic mass is 32.1. The minimum absolute atomic E-state index is 0.00813. The lowest BCUT2D eigenvalue weighted by molar-refractivity contribution is 0.230. The van der Waals surface area contributed by atoms with Crippen molar-refractivity contribution in [2.24, 2.45) is 0 Å². The first kappa shape index (κ1) is 21.4. The van der Waals surface area contributed by atoms with Crippen LogP contribution < -0.4 is 10.9 Å². The van der Waals surface area contributed by atoms with E-state index in [-0.39, 0.29) is 5.56 Å². The second kappa shape index (κ2) is 9.51. The number of pyridine rings is 1. The van der Waals surface area contributed by atoms with Crippen molar-refractivity contribution in [2.45, 2.75) is 96.7 Å². The molecule has 1 aromatic carbocycles. The highest BCUT2D eigenvalue weighted by molar-refractivity contribution is 7.80. The van der Waals surface area contributed by atoms with Gasteiger partial charge in [0.2, 0.25) is 0 Å². The average Bonchev–Trinajstić information content (AvgIpc) is 2.73. The molecular weight excluding hydrogens is 390 g/mol. The van der Waals surface area contributed by atoms with E-state index in [0.717, 1.165) is 34.4 Å². The lowest BCUT2D eigenvalue weighted by Gasteiger charge is -2.38. The molecule has 0 saturated heterocycles. The number of hydrogen-bond acceptors (Lipinski definition) is 2. The Bertz CT molecular complexity index is 955. The van der Waals surface area contributed by atoms with Gasteiger partial charge in [0.1, 0.15) is 0 Å². The summed E-state index contributed by atoms with van der Waals surface area (Å²) in [7, 11) is 0. The van der Waals surface area contributed by atoms with E-state index >= 15 is 0 Å². The van der Waals surface area contributed by atoms with Gasteiger partial charge >= 0.3 is 0 Å². The maximum Gasteiger partial charge on any atom is 0.253 e. The predicted molar refractivity (Wildman–Crippen MR) is 129 cm³/mol. The van der Waals surface area contributed by atoms with Crippen LogP contribution >= 0.6 is 12.2 Å². The van der Waals surface area contributed by atoms with Crippen LogP contribution in [-0.2, 0) is 6.54 Å². The number of benzene rings is 1. The topological polar surface area (TPSA) is 48.1 Å². The summed E-state index contributed by atoms with van der Waals surface area (Å²) < 4.78 is 0. The SMILES string of the molecule is Cc1cc(C)c2cc(CN(C(=S)NC3CCCCC3)C3CCCCC3)c(=O)[nH]c2c1.